The molecule has 0 aliphatic carbocycles. The third-order valence-corrected chi connectivity index (χ3v) is 4.38. The van der Waals surface area contributed by atoms with Crippen molar-refractivity contribution in [1.82, 2.24) is 19.6 Å². The van der Waals surface area contributed by atoms with Crippen molar-refractivity contribution in [2.75, 3.05) is 74.5 Å². The van der Waals surface area contributed by atoms with E-state index in [0.717, 1.165) is 39.3 Å². The predicted octanol–water partition coefficient (Wildman–Crippen LogP) is 1.53. The summed E-state index contributed by atoms with van der Waals surface area (Å²) in [5, 5.41) is 0. The van der Waals surface area contributed by atoms with Gasteiger partial charge in [-0.1, -0.05) is 6.92 Å². The van der Waals surface area contributed by atoms with E-state index in [1.165, 1.54) is 6.42 Å². The molecule has 0 saturated heterocycles. The topological polar surface area (TPSA) is 13.0 Å². The van der Waals surface area contributed by atoms with Crippen molar-refractivity contribution in [1.29, 1.82) is 0 Å². The summed E-state index contributed by atoms with van der Waals surface area (Å²) in [6.45, 7) is 13.8. The molecule has 0 aromatic rings. The molecule has 0 fully saturated rings. The van der Waals surface area contributed by atoms with E-state index in [9.17, 15) is 0 Å². The molecule has 0 heterocycles. The highest BCUT2D eigenvalue weighted by Crippen LogP contribution is 2.15. The van der Waals surface area contributed by atoms with Crippen molar-refractivity contribution < 1.29 is 0 Å². The Morgan fingerprint density at radius 1 is 0.650 bits per heavy atom. The van der Waals surface area contributed by atoms with Crippen molar-refractivity contribution in [2.45, 2.75) is 32.7 Å². The van der Waals surface area contributed by atoms with Gasteiger partial charge in [0.2, 0.25) is 0 Å². The van der Waals surface area contributed by atoms with Crippen LogP contribution in [0.15, 0.2) is 0 Å². The standard InChI is InChI=1S/C16H38N4/c1-9-16(2,3)19(8)12-15-20(13-10-17(4)5)14-11-18(6)7/h9-15H2,1-8H3. The van der Waals surface area contributed by atoms with Crippen LogP contribution < -0.4 is 0 Å². The van der Waals surface area contributed by atoms with Gasteiger partial charge in [-0.25, -0.2) is 0 Å². The monoisotopic (exact) mass is 286 g/mol. The number of rotatable bonds is 11. The predicted molar refractivity (Wildman–Crippen MR) is 90.5 cm³/mol. The Kier molecular flexibility index (Phi) is 9.64. The van der Waals surface area contributed by atoms with Crippen LogP contribution in [0.5, 0.6) is 0 Å². The lowest BCUT2D eigenvalue weighted by molar-refractivity contribution is 0.121. The highest BCUT2D eigenvalue weighted by atomic mass is 15.2. The van der Waals surface area contributed by atoms with Crippen molar-refractivity contribution in [3.05, 3.63) is 0 Å². The normalized spacial score (nSPS) is 13.2. The largest absolute Gasteiger partial charge is 0.308 e. The average molecular weight is 287 g/mol. The maximum atomic E-state index is 2.59. The number of likely N-dealkylation sites (N-methyl/N-ethyl adjacent to an activating group) is 3. The molecule has 4 nitrogen and oxygen atoms in total. The lowest BCUT2D eigenvalue weighted by Crippen LogP contribution is -2.46. The second kappa shape index (κ2) is 9.72. The molecule has 0 aromatic carbocycles. The van der Waals surface area contributed by atoms with Crippen molar-refractivity contribution in [3.63, 3.8) is 0 Å². The van der Waals surface area contributed by atoms with Gasteiger partial charge in [-0.05, 0) is 55.5 Å². The molecule has 0 aromatic heterocycles. The van der Waals surface area contributed by atoms with Gasteiger partial charge in [0.25, 0.3) is 0 Å². The SMILES string of the molecule is CCC(C)(C)N(C)CCN(CCN(C)C)CCN(C)C. The van der Waals surface area contributed by atoms with Crippen molar-refractivity contribution >= 4 is 0 Å². The summed E-state index contributed by atoms with van der Waals surface area (Å²) in [7, 11) is 10.8. The van der Waals surface area contributed by atoms with Gasteiger partial charge in [-0.15, -0.1) is 0 Å². The van der Waals surface area contributed by atoms with Gasteiger partial charge in [-0.2, -0.15) is 0 Å². The molecule has 0 saturated carbocycles. The molecule has 122 valence electrons. The Labute approximate surface area is 127 Å². The second-order valence-electron chi connectivity index (χ2n) is 7.04. The molecule has 0 unspecified atom stereocenters. The van der Waals surface area contributed by atoms with Crippen LogP contribution in [0.25, 0.3) is 0 Å². The summed E-state index contributed by atoms with van der Waals surface area (Å²) < 4.78 is 0. The van der Waals surface area contributed by atoms with Gasteiger partial charge < -0.3 is 9.80 Å². The van der Waals surface area contributed by atoms with Crippen LogP contribution in [-0.2, 0) is 0 Å². The molecule has 0 aliphatic rings. The molecule has 0 amide bonds. The Balaban J connectivity index is 4.26. The van der Waals surface area contributed by atoms with E-state index in [4.69, 9.17) is 0 Å². The van der Waals surface area contributed by atoms with Gasteiger partial charge in [-0.3, -0.25) is 9.80 Å². The van der Waals surface area contributed by atoms with Gasteiger partial charge in [0.15, 0.2) is 0 Å². The minimum Gasteiger partial charge on any atom is -0.308 e. The molecular formula is C16H38N4. The fourth-order valence-electron chi connectivity index (χ4n) is 1.88. The molecule has 0 bridgehead atoms. The highest BCUT2D eigenvalue weighted by molar-refractivity contribution is 4.78. The molecule has 20 heavy (non-hydrogen) atoms. The van der Waals surface area contributed by atoms with Crippen LogP contribution in [-0.4, -0.2) is 99.6 Å². The lowest BCUT2D eigenvalue weighted by atomic mass is 10.0. The zero-order chi connectivity index (χ0) is 15.8. The fraction of sp³-hybridized carbons (Fsp3) is 1.00. The molecule has 4 heteroatoms. The third-order valence-electron chi connectivity index (χ3n) is 4.38. The second-order valence-corrected chi connectivity index (χ2v) is 7.04. The summed E-state index contributed by atoms with van der Waals surface area (Å²) in [6.07, 6.45) is 1.19. The summed E-state index contributed by atoms with van der Waals surface area (Å²) in [6, 6.07) is 0. The van der Waals surface area contributed by atoms with E-state index < -0.39 is 0 Å². The Morgan fingerprint density at radius 2 is 1.05 bits per heavy atom. The Bertz CT molecular complexity index is 227. The summed E-state index contributed by atoms with van der Waals surface area (Å²) in [5.74, 6) is 0. The van der Waals surface area contributed by atoms with Gasteiger partial charge in [0.05, 0.1) is 0 Å². The number of hydrogen-bond acceptors (Lipinski definition) is 4. The number of nitrogens with zero attached hydrogens (tertiary/aromatic N) is 4. The average Bonchev–Trinajstić information content (AvgIpc) is 2.36. The first-order valence-electron chi connectivity index (χ1n) is 7.92. The first kappa shape index (κ1) is 19.8. The molecule has 0 aliphatic heterocycles. The van der Waals surface area contributed by atoms with E-state index in [2.05, 4.69) is 75.6 Å². The van der Waals surface area contributed by atoms with Crippen LogP contribution in [0.4, 0.5) is 0 Å². The van der Waals surface area contributed by atoms with Crippen molar-refractivity contribution in [3.8, 4) is 0 Å². The Hall–Kier alpha value is -0.160. The van der Waals surface area contributed by atoms with Crippen LogP contribution in [0.2, 0.25) is 0 Å². The maximum absolute atomic E-state index is 2.59. The van der Waals surface area contributed by atoms with Gasteiger partial charge in [0.1, 0.15) is 0 Å². The van der Waals surface area contributed by atoms with Gasteiger partial charge in [0, 0.05) is 44.8 Å². The Morgan fingerprint density at radius 3 is 1.40 bits per heavy atom. The van der Waals surface area contributed by atoms with Crippen LogP contribution in [0.3, 0.4) is 0 Å². The molecule has 0 rings (SSSR count). The lowest BCUT2D eigenvalue weighted by Gasteiger charge is -2.36. The van der Waals surface area contributed by atoms with Crippen LogP contribution in [0.1, 0.15) is 27.2 Å². The quantitative estimate of drug-likeness (QED) is 0.571. The van der Waals surface area contributed by atoms with Gasteiger partial charge >= 0.3 is 0 Å². The first-order chi connectivity index (χ1) is 9.19. The maximum Gasteiger partial charge on any atom is 0.0148 e. The molecule has 0 radical (unpaired) electrons. The summed E-state index contributed by atoms with van der Waals surface area (Å²) in [4.78, 5) is 9.61. The molecule has 0 atom stereocenters. The minimum atomic E-state index is 0.300. The van der Waals surface area contributed by atoms with E-state index in [-0.39, 0.29) is 0 Å². The third kappa shape index (κ3) is 8.90. The van der Waals surface area contributed by atoms with E-state index in [1.54, 1.807) is 0 Å². The zero-order valence-electron chi connectivity index (χ0n) is 15.2. The molecule has 0 N–H and O–H groups in total. The van der Waals surface area contributed by atoms with E-state index in [1.807, 2.05) is 0 Å². The minimum absolute atomic E-state index is 0.300. The smallest absolute Gasteiger partial charge is 0.0148 e. The van der Waals surface area contributed by atoms with E-state index in [0.29, 0.717) is 5.54 Å². The number of hydrogen-bond donors (Lipinski definition) is 0. The fourth-order valence-corrected chi connectivity index (χ4v) is 1.88. The molecular weight excluding hydrogens is 248 g/mol. The van der Waals surface area contributed by atoms with Crippen molar-refractivity contribution in [2.24, 2.45) is 0 Å². The summed E-state index contributed by atoms with van der Waals surface area (Å²) in [5.41, 5.74) is 0.300. The molecule has 0 spiro atoms. The summed E-state index contributed by atoms with van der Waals surface area (Å²) >= 11 is 0. The van der Waals surface area contributed by atoms with Crippen LogP contribution >= 0.6 is 0 Å². The highest BCUT2D eigenvalue weighted by Gasteiger charge is 2.21. The zero-order valence-corrected chi connectivity index (χ0v) is 15.2. The van der Waals surface area contributed by atoms with Crippen LogP contribution in [0, 0.1) is 0 Å². The van der Waals surface area contributed by atoms with E-state index >= 15 is 0 Å². The first-order valence-corrected chi connectivity index (χ1v) is 7.92.